The maximum atomic E-state index is 11.5. The summed E-state index contributed by atoms with van der Waals surface area (Å²) in [5.74, 6) is 0.594. The maximum Gasteiger partial charge on any atom is 0.220 e. The van der Waals surface area contributed by atoms with Crippen LogP contribution in [0.1, 0.15) is 24.5 Å². The first kappa shape index (κ1) is 18.7. The van der Waals surface area contributed by atoms with Gasteiger partial charge in [0.1, 0.15) is 0 Å². The number of hydrogen-bond donors (Lipinski definition) is 2. The first-order valence-corrected chi connectivity index (χ1v) is 9.09. The molecular weight excluding hydrogens is 340 g/mol. The highest BCUT2D eigenvalue weighted by Crippen LogP contribution is 2.37. The van der Waals surface area contributed by atoms with E-state index in [9.17, 15) is 9.90 Å². The quantitative estimate of drug-likeness (QED) is 0.694. The van der Waals surface area contributed by atoms with Crippen molar-refractivity contribution in [2.45, 2.75) is 26.7 Å². The summed E-state index contributed by atoms with van der Waals surface area (Å²) in [4.78, 5) is 16.2. The number of carbonyl (C=O) groups excluding carboxylic acids is 1. The van der Waals surface area contributed by atoms with Crippen LogP contribution >= 0.6 is 0 Å². The summed E-state index contributed by atoms with van der Waals surface area (Å²) >= 11 is 0. The molecule has 0 fully saturated rings. The number of nitrogens with one attached hydrogen (secondary N) is 1. The Kier molecular flexibility index (Phi) is 5.60. The van der Waals surface area contributed by atoms with Crippen LogP contribution < -0.4 is 10.1 Å². The van der Waals surface area contributed by atoms with Crippen LogP contribution in [0.25, 0.3) is 22.2 Å². The molecule has 0 saturated carbocycles. The summed E-state index contributed by atoms with van der Waals surface area (Å²) in [5, 5.41) is 14.2. The van der Waals surface area contributed by atoms with Gasteiger partial charge in [-0.25, -0.2) is 4.98 Å². The van der Waals surface area contributed by atoms with Crippen molar-refractivity contribution in [2.24, 2.45) is 0 Å². The van der Waals surface area contributed by atoms with E-state index in [0.717, 1.165) is 22.0 Å². The molecule has 0 aliphatic carbocycles. The van der Waals surface area contributed by atoms with Crippen molar-refractivity contribution < 1.29 is 14.6 Å². The molecule has 1 amide bonds. The number of nitrogens with zero attached hydrogens (tertiary/aromatic N) is 1. The molecule has 5 heteroatoms. The van der Waals surface area contributed by atoms with Gasteiger partial charge in [0.25, 0.3) is 0 Å². The molecule has 3 rings (SSSR count). The van der Waals surface area contributed by atoms with Crippen molar-refractivity contribution in [1.29, 1.82) is 0 Å². The molecule has 3 aromatic rings. The van der Waals surface area contributed by atoms with Gasteiger partial charge in [-0.3, -0.25) is 4.79 Å². The number of phenols is 1. The molecule has 0 radical (unpaired) electrons. The lowest BCUT2D eigenvalue weighted by molar-refractivity contribution is -0.120. The Morgan fingerprint density at radius 1 is 1.22 bits per heavy atom. The molecule has 5 nitrogen and oxygen atoms in total. The third kappa shape index (κ3) is 4.03. The van der Waals surface area contributed by atoms with E-state index in [4.69, 9.17) is 9.72 Å². The van der Waals surface area contributed by atoms with E-state index < -0.39 is 0 Å². The summed E-state index contributed by atoms with van der Waals surface area (Å²) in [7, 11) is 1.65. The fraction of sp³-hybridized carbons (Fsp3) is 0.273. The highest BCUT2D eigenvalue weighted by Gasteiger charge is 2.13. The lowest BCUT2D eigenvalue weighted by Crippen LogP contribution is -2.17. The van der Waals surface area contributed by atoms with Crippen LogP contribution in [-0.4, -0.2) is 29.7 Å². The van der Waals surface area contributed by atoms with Crippen LogP contribution in [0.2, 0.25) is 0 Å². The predicted molar refractivity (Wildman–Crippen MR) is 107 cm³/mol. The average Bonchev–Trinajstić information content (AvgIpc) is 2.68. The van der Waals surface area contributed by atoms with Crippen molar-refractivity contribution in [2.75, 3.05) is 13.7 Å². The van der Waals surface area contributed by atoms with Crippen LogP contribution in [0.15, 0.2) is 42.5 Å². The molecule has 2 aromatic carbocycles. The van der Waals surface area contributed by atoms with Gasteiger partial charge in [0.2, 0.25) is 5.91 Å². The second-order valence-corrected chi connectivity index (χ2v) is 6.43. The third-order valence-corrected chi connectivity index (χ3v) is 4.57. The number of aromatic hydroxyl groups is 1. The number of amides is 1. The van der Waals surface area contributed by atoms with Gasteiger partial charge in [0, 0.05) is 24.4 Å². The molecule has 0 unspecified atom stereocenters. The van der Waals surface area contributed by atoms with Crippen molar-refractivity contribution in [1.82, 2.24) is 10.3 Å². The molecule has 0 aliphatic heterocycles. The van der Waals surface area contributed by atoms with Gasteiger partial charge < -0.3 is 15.2 Å². The molecule has 0 spiro atoms. The third-order valence-electron chi connectivity index (χ3n) is 4.57. The van der Waals surface area contributed by atoms with Gasteiger partial charge in [-0.15, -0.1) is 0 Å². The van der Waals surface area contributed by atoms with E-state index in [1.54, 1.807) is 13.1 Å². The zero-order valence-corrected chi connectivity index (χ0v) is 15.9. The maximum absolute atomic E-state index is 11.5. The van der Waals surface area contributed by atoms with Gasteiger partial charge in [0.05, 0.1) is 17.8 Å². The number of aryl methyl sites for hydroxylation is 2. The Morgan fingerprint density at radius 2 is 2.04 bits per heavy atom. The number of phenolic OH excluding ortho intramolecular Hbond substituents is 1. The summed E-state index contributed by atoms with van der Waals surface area (Å²) in [6.07, 6.45) is 1.15. The fourth-order valence-electron chi connectivity index (χ4n) is 3.12. The molecule has 140 valence electrons. The standard InChI is InChI=1S/C22H24N2O3/c1-4-27-20-7-5-6-16(22(20)26)19-12-14(2)17-13-15(8-10-18(17)24-19)9-11-21(25)23-3/h5-8,10,12-13,26H,4,9,11H2,1-3H3,(H,23,25). The van der Waals surface area contributed by atoms with E-state index in [1.165, 1.54) is 0 Å². The monoisotopic (exact) mass is 364 g/mol. The highest BCUT2D eigenvalue weighted by atomic mass is 16.5. The Balaban J connectivity index is 1.98. The molecular formula is C22H24N2O3. The van der Waals surface area contributed by atoms with E-state index in [1.807, 2.05) is 44.2 Å². The molecule has 0 aliphatic rings. The second kappa shape index (κ2) is 8.08. The van der Waals surface area contributed by atoms with Crippen LogP contribution in [0.5, 0.6) is 11.5 Å². The van der Waals surface area contributed by atoms with Gasteiger partial charge >= 0.3 is 0 Å². The van der Waals surface area contributed by atoms with E-state index >= 15 is 0 Å². The number of fused-ring (bicyclic) bond motifs is 1. The largest absolute Gasteiger partial charge is 0.504 e. The number of benzene rings is 2. The first-order valence-electron chi connectivity index (χ1n) is 9.09. The van der Waals surface area contributed by atoms with Crippen molar-refractivity contribution in [3.05, 3.63) is 53.6 Å². The molecule has 1 heterocycles. The molecule has 0 atom stereocenters. The van der Waals surface area contributed by atoms with Crippen LogP contribution in [-0.2, 0) is 11.2 Å². The Morgan fingerprint density at radius 3 is 2.78 bits per heavy atom. The highest BCUT2D eigenvalue weighted by molar-refractivity contribution is 5.87. The number of pyridine rings is 1. The zero-order chi connectivity index (χ0) is 19.4. The normalized spacial score (nSPS) is 10.8. The van der Waals surface area contributed by atoms with Gasteiger partial charge in [-0.2, -0.15) is 0 Å². The average molecular weight is 364 g/mol. The summed E-state index contributed by atoms with van der Waals surface area (Å²) in [6.45, 7) is 4.39. The topological polar surface area (TPSA) is 71.5 Å². The summed E-state index contributed by atoms with van der Waals surface area (Å²) < 4.78 is 5.48. The second-order valence-electron chi connectivity index (χ2n) is 6.43. The van der Waals surface area contributed by atoms with Crippen molar-refractivity contribution in [3.8, 4) is 22.8 Å². The minimum Gasteiger partial charge on any atom is -0.504 e. The van der Waals surface area contributed by atoms with Gasteiger partial charge in [-0.05, 0) is 61.7 Å². The van der Waals surface area contributed by atoms with E-state index in [-0.39, 0.29) is 11.7 Å². The fourth-order valence-corrected chi connectivity index (χ4v) is 3.12. The lowest BCUT2D eigenvalue weighted by atomic mass is 10.0. The molecule has 1 aromatic heterocycles. The van der Waals surface area contributed by atoms with Crippen LogP contribution in [0.3, 0.4) is 0 Å². The molecule has 0 saturated heterocycles. The first-order chi connectivity index (χ1) is 13.0. The Hall–Kier alpha value is -3.08. The SMILES string of the molecule is CCOc1cccc(-c2cc(C)c3cc(CCC(=O)NC)ccc3n2)c1O. The number of hydrogen-bond acceptors (Lipinski definition) is 4. The summed E-state index contributed by atoms with van der Waals surface area (Å²) in [5.41, 5.74) is 4.38. The minimum atomic E-state index is 0.0324. The van der Waals surface area contributed by atoms with Crippen LogP contribution in [0, 0.1) is 6.92 Å². The number of rotatable bonds is 6. The van der Waals surface area contributed by atoms with Crippen molar-refractivity contribution >= 4 is 16.8 Å². The number of carbonyl (C=O) groups is 1. The predicted octanol–water partition coefficient (Wildman–Crippen LogP) is 3.99. The van der Waals surface area contributed by atoms with Crippen molar-refractivity contribution in [3.63, 3.8) is 0 Å². The van der Waals surface area contributed by atoms with Gasteiger partial charge in [0.15, 0.2) is 11.5 Å². The number of ether oxygens (including phenoxy) is 1. The van der Waals surface area contributed by atoms with E-state index in [2.05, 4.69) is 11.4 Å². The number of para-hydroxylation sites is 1. The van der Waals surface area contributed by atoms with E-state index in [0.29, 0.717) is 36.5 Å². The number of aromatic nitrogens is 1. The Labute approximate surface area is 159 Å². The lowest BCUT2D eigenvalue weighted by Gasteiger charge is -2.12. The zero-order valence-electron chi connectivity index (χ0n) is 15.9. The Bertz CT molecular complexity index is 983. The molecule has 27 heavy (non-hydrogen) atoms. The molecule has 0 bridgehead atoms. The van der Waals surface area contributed by atoms with Gasteiger partial charge in [-0.1, -0.05) is 12.1 Å². The smallest absolute Gasteiger partial charge is 0.220 e. The summed E-state index contributed by atoms with van der Waals surface area (Å²) in [6, 6.07) is 13.4. The molecule has 2 N–H and O–H groups in total. The minimum absolute atomic E-state index is 0.0324. The van der Waals surface area contributed by atoms with Crippen LogP contribution in [0.4, 0.5) is 0 Å².